The Bertz CT molecular complexity index is 3380. The minimum Gasteiger partial charge on any atom is -0.456 e. The van der Waals surface area contributed by atoms with Gasteiger partial charge in [0.1, 0.15) is 17.0 Å². The van der Waals surface area contributed by atoms with Crippen molar-refractivity contribution in [2.75, 3.05) is 4.90 Å². The van der Waals surface area contributed by atoms with Gasteiger partial charge in [0, 0.05) is 27.6 Å². The summed E-state index contributed by atoms with van der Waals surface area (Å²) in [5.41, 5.74) is 17.8. The molecular formula is C58H38N2O. The minimum atomic E-state index is -0.730. The molecule has 2 atom stereocenters. The van der Waals surface area contributed by atoms with Crippen LogP contribution in [-0.4, -0.2) is 17.4 Å². The molecule has 0 bridgehead atoms. The van der Waals surface area contributed by atoms with E-state index < -0.39 is 10.8 Å². The molecule has 3 heteroatoms. The van der Waals surface area contributed by atoms with E-state index in [1.807, 2.05) is 0 Å². The zero-order chi connectivity index (χ0) is 40.1. The molecular weight excluding hydrogens is 741 g/mol. The number of fused-ring (bicyclic) bond motifs is 21. The Hall–Kier alpha value is -7.49. The summed E-state index contributed by atoms with van der Waals surface area (Å²) >= 11 is 0. The number of aliphatic imine (C=N–C) groups is 1. The van der Waals surface area contributed by atoms with E-state index in [-0.39, 0.29) is 11.6 Å². The molecule has 3 nitrogen and oxygen atoms in total. The lowest BCUT2D eigenvalue weighted by molar-refractivity contribution is 0.546. The molecule has 0 radical (unpaired) electrons. The van der Waals surface area contributed by atoms with Gasteiger partial charge < -0.3 is 9.32 Å². The van der Waals surface area contributed by atoms with Crippen LogP contribution in [0.25, 0.3) is 44.2 Å². The molecule has 2 spiro atoms. The van der Waals surface area contributed by atoms with Crippen LogP contribution in [0, 0.1) is 0 Å². The van der Waals surface area contributed by atoms with Gasteiger partial charge in [0.25, 0.3) is 0 Å². The zero-order valence-corrected chi connectivity index (χ0v) is 33.5. The second-order valence-corrected chi connectivity index (χ2v) is 17.4. The summed E-state index contributed by atoms with van der Waals surface area (Å²) in [5.74, 6) is 0.977. The smallest absolute Gasteiger partial charge is 0.140 e. The first-order valence-corrected chi connectivity index (χ1v) is 21.4. The largest absolute Gasteiger partial charge is 0.456 e. The van der Waals surface area contributed by atoms with E-state index in [2.05, 4.69) is 218 Å². The highest BCUT2D eigenvalue weighted by Crippen LogP contribution is 2.68. The first-order chi connectivity index (χ1) is 30.1. The van der Waals surface area contributed by atoms with Crippen molar-refractivity contribution in [2.45, 2.75) is 29.3 Å². The Balaban J connectivity index is 1.13. The number of benzene rings is 8. The topological polar surface area (TPSA) is 28.7 Å². The maximum Gasteiger partial charge on any atom is 0.140 e. The number of rotatable bonds is 2. The van der Waals surface area contributed by atoms with Gasteiger partial charge in [-0.25, -0.2) is 0 Å². The van der Waals surface area contributed by atoms with Gasteiger partial charge in [0.05, 0.1) is 22.4 Å². The van der Waals surface area contributed by atoms with Crippen LogP contribution in [-0.2, 0) is 10.8 Å². The van der Waals surface area contributed by atoms with Gasteiger partial charge in [-0.3, -0.25) is 4.99 Å². The van der Waals surface area contributed by atoms with E-state index in [1.165, 1.54) is 66.8 Å². The van der Waals surface area contributed by atoms with E-state index in [0.717, 1.165) is 39.0 Å². The van der Waals surface area contributed by atoms with Crippen LogP contribution < -0.4 is 4.90 Å². The Morgan fingerprint density at radius 1 is 0.492 bits per heavy atom. The van der Waals surface area contributed by atoms with Gasteiger partial charge in [-0.2, -0.15) is 0 Å². The van der Waals surface area contributed by atoms with E-state index in [9.17, 15) is 0 Å². The minimum absolute atomic E-state index is 0.0271. The monoisotopic (exact) mass is 778 g/mol. The summed E-state index contributed by atoms with van der Waals surface area (Å²) in [6.07, 6.45) is 8.87. The fraction of sp³-hybridized carbons (Fsp3) is 0.0862. The summed E-state index contributed by atoms with van der Waals surface area (Å²) in [6, 6.07) is 67.8. The SMILES string of the molecule is CC12C=CC=CC1N=C(c1ccc3c(c1)C1(c4ccccc4C4(c5ccccc5-c5ccccc54)c4ccccc41)c1c-3ccc3c1oc1ccccc13)N2c1ccccc1. The van der Waals surface area contributed by atoms with Crippen LogP contribution in [0.1, 0.15) is 57.0 Å². The number of hydrogen-bond acceptors (Lipinski definition) is 3. The second kappa shape index (κ2) is 11.6. The maximum absolute atomic E-state index is 7.15. The molecule has 0 fully saturated rings. The Kier molecular flexibility index (Phi) is 6.35. The zero-order valence-electron chi connectivity index (χ0n) is 33.5. The van der Waals surface area contributed by atoms with Crippen molar-refractivity contribution < 1.29 is 4.42 Å². The predicted molar refractivity (Wildman–Crippen MR) is 248 cm³/mol. The van der Waals surface area contributed by atoms with Gasteiger partial charge in [-0.05, 0) is 98.5 Å². The fourth-order valence-electron chi connectivity index (χ4n) is 12.4. The number of furan rings is 1. The number of amidine groups is 1. The molecule has 61 heavy (non-hydrogen) atoms. The highest BCUT2D eigenvalue weighted by molar-refractivity contribution is 6.15. The van der Waals surface area contributed by atoms with Gasteiger partial charge >= 0.3 is 0 Å². The molecule has 2 heterocycles. The van der Waals surface area contributed by atoms with E-state index >= 15 is 0 Å². The molecule has 5 aliphatic rings. The van der Waals surface area contributed by atoms with Crippen LogP contribution in [0.2, 0.25) is 0 Å². The summed E-state index contributed by atoms with van der Waals surface area (Å²) in [5, 5.41) is 2.27. The predicted octanol–water partition coefficient (Wildman–Crippen LogP) is 13.1. The van der Waals surface area contributed by atoms with Crippen LogP contribution in [0.4, 0.5) is 5.69 Å². The van der Waals surface area contributed by atoms with Crippen molar-refractivity contribution in [2.24, 2.45) is 4.99 Å². The lowest BCUT2D eigenvalue weighted by atomic mass is 9.52. The normalized spacial score (nSPS) is 20.0. The van der Waals surface area contributed by atoms with Gasteiger partial charge in [-0.15, -0.1) is 0 Å². The van der Waals surface area contributed by atoms with E-state index in [1.54, 1.807) is 0 Å². The number of hydrogen-bond donors (Lipinski definition) is 0. The summed E-state index contributed by atoms with van der Waals surface area (Å²) in [4.78, 5) is 8.03. The van der Waals surface area contributed by atoms with E-state index in [4.69, 9.17) is 9.41 Å². The molecule has 1 aliphatic heterocycles. The third-order valence-electron chi connectivity index (χ3n) is 14.7. The average molecular weight is 779 g/mol. The number of para-hydroxylation sites is 2. The van der Waals surface area contributed by atoms with Crippen LogP contribution in [0.15, 0.2) is 216 Å². The van der Waals surface area contributed by atoms with Gasteiger partial charge in [-0.1, -0.05) is 176 Å². The van der Waals surface area contributed by atoms with Crippen LogP contribution in [0.5, 0.6) is 0 Å². The summed E-state index contributed by atoms with van der Waals surface area (Å²) in [6.45, 7) is 2.31. The van der Waals surface area contributed by atoms with Crippen molar-refractivity contribution in [3.63, 3.8) is 0 Å². The van der Waals surface area contributed by atoms with Crippen molar-refractivity contribution in [1.29, 1.82) is 0 Å². The Labute approximate surface area is 354 Å². The number of allylic oxidation sites excluding steroid dienone is 2. The van der Waals surface area contributed by atoms with Crippen LogP contribution >= 0.6 is 0 Å². The lowest BCUT2D eigenvalue weighted by Gasteiger charge is -2.48. The highest BCUT2D eigenvalue weighted by atomic mass is 16.3. The lowest BCUT2D eigenvalue weighted by Crippen LogP contribution is -2.50. The third-order valence-corrected chi connectivity index (χ3v) is 14.7. The Morgan fingerprint density at radius 2 is 1.07 bits per heavy atom. The molecule has 4 aliphatic carbocycles. The standard InChI is InChI=1S/C58H38N2O/c1-56-34-16-15-29-52(56)59-55(60(56)37-17-3-2-4-18-37)36-30-31-40-42-32-33-43-41-21-7-14-28-51(41)61-54(43)53(42)58(50(40)35-36)48-26-12-10-24-46(48)57(47-25-11-13-27-49(47)58)44-22-8-5-19-38(44)39-20-6-9-23-45(39)57/h2-35,52H,1H3. The summed E-state index contributed by atoms with van der Waals surface area (Å²) < 4.78 is 7.15. The van der Waals surface area contributed by atoms with Gasteiger partial charge in [0.15, 0.2) is 0 Å². The van der Waals surface area contributed by atoms with Crippen molar-refractivity contribution in [1.82, 2.24) is 0 Å². The average Bonchev–Trinajstić information content (AvgIpc) is 4.03. The van der Waals surface area contributed by atoms with Crippen molar-refractivity contribution >= 4 is 33.5 Å². The molecule has 8 aromatic carbocycles. The third kappa shape index (κ3) is 3.89. The molecule has 0 saturated heterocycles. The molecule has 0 N–H and O–H groups in total. The number of nitrogens with zero attached hydrogens (tertiary/aromatic N) is 2. The molecule has 14 rings (SSSR count). The van der Waals surface area contributed by atoms with Crippen molar-refractivity contribution in [3.05, 3.63) is 256 Å². The number of anilines is 1. The second-order valence-electron chi connectivity index (χ2n) is 17.4. The molecule has 286 valence electrons. The van der Waals surface area contributed by atoms with Gasteiger partial charge in [0.2, 0.25) is 0 Å². The molecule has 0 saturated carbocycles. The Morgan fingerprint density at radius 3 is 1.77 bits per heavy atom. The van der Waals surface area contributed by atoms with Crippen molar-refractivity contribution in [3.8, 4) is 22.3 Å². The van der Waals surface area contributed by atoms with Crippen LogP contribution in [0.3, 0.4) is 0 Å². The molecule has 1 aromatic heterocycles. The fourth-order valence-corrected chi connectivity index (χ4v) is 12.4. The highest BCUT2D eigenvalue weighted by Gasteiger charge is 2.60. The first kappa shape index (κ1) is 33.4. The quantitative estimate of drug-likeness (QED) is 0.175. The molecule has 2 unspecified atom stereocenters. The molecule has 9 aromatic rings. The molecule has 0 amide bonds. The van der Waals surface area contributed by atoms with E-state index in [0.29, 0.717) is 0 Å². The summed E-state index contributed by atoms with van der Waals surface area (Å²) in [7, 11) is 0. The first-order valence-electron chi connectivity index (χ1n) is 21.4. The maximum atomic E-state index is 7.15.